The normalized spacial score (nSPS) is 24.9. The Morgan fingerprint density at radius 2 is 1.94 bits per heavy atom. The van der Waals surface area contributed by atoms with Crippen molar-refractivity contribution in [2.24, 2.45) is 17.0 Å². The van der Waals surface area contributed by atoms with E-state index in [2.05, 4.69) is 22.2 Å². The number of nitrogens with zero attached hydrogens (tertiary/aromatic N) is 2. The molecule has 1 aliphatic rings. The molecular formula is C14H20N2O2. The summed E-state index contributed by atoms with van der Waals surface area (Å²) in [6.07, 6.45) is 0.910. The van der Waals surface area contributed by atoms with Crippen molar-refractivity contribution in [3.63, 3.8) is 0 Å². The highest BCUT2D eigenvalue weighted by Crippen LogP contribution is 2.23. The predicted molar refractivity (Wildman–Crippen MR) is 71.1 cm³/mol. The summed E-state index contributed by atoms with van der Waals surface area (Å²) < 4.78 is 0. The van der Waals surface area contributed by atoms with Gasteiger partial charge in [0.2, 0.25) is 0 Å². The summed E-state index contributed by atoms with van der Waals surface area (Å²) in [6, 6.07) is 10.3. The zero-order chi connectivity index (χ0) is 12.8. The molecule has 0 amide bonds. The predicted octanol–water partition coefficient (Wildman–Crippen LogP) is 1.88. The molecule has 0 spiro atoms. The van der Waals surface area contributed by atoms with Crippen LogP contribution in [0.4, 0.5) is 0 Å². The lowest BCUT2D eigenvalue weighted by Crippen LogP contribution is -2.42. The molecule has 1 aliphatic heterocycles. The van der Waals surface area contributed by atoms with Crippen LogP contribution in [0.25, 0.3) is 0 Å². The van der Waals surface area contributed by atoms with Gasteiger partial charge in [-0.25, -0.2) is 0 Å². The summed E-state index contributed by atoms with van der Waals surface area (Å²) in [5, 5.41) is 12.3. The van der Waals surface area contributed by atoms with Gasteiger partial charge in [0.1, 0.15) is 0 Å². The summed E-state index contributed by atoms with van der Waals surface area (Å²) in [4.78, 5) is 12.7. The summed E-state index contributed by atoms with van der Waals surface area (Å²) in [5.41, 5.74) is 1.27. The highest BCUT2D eigenvalue weighted by Gasteiger charge is 2.26. The van der Waals surface area contributed by atoms with E-state index in [0.29, 0.717) is 6.54 Å². The van der Waals surface area contributed by atoms with E-state index in [0.717, 1.165) is 26.1 Å². The third-order valence-electron chi connectivity index (χ3n) is 3.54. The maximum absolute atomic E-state index is 10.4. The fourth-order valence-corrected chi connectivity index (χ4v) is 2.77. The van der Waals surface area contributed by atoms with E-state index in [1.165, 1.54) is 5.56 Å². The molecule has 0 bridgehead atoms. The summed E-state index contributed by atoms with van der Waals surface area (Å²) in [6.45, 7) is 3.24. The minimum absolute atomic E-state index is 0.195. The first kappa shape index (κ1) is 13.2. The molecule has 2 rings (SSSR count). The Kier molecular flexibility index (Phi) is 4.84. The van der Waals surface area contributed by atoms with E-state index in [1.807, 2.05) is 18.2 Å². The van der Waals surface area contributed by atoms with Gasteiger partial charge in [-0.2, -0.15) is 4.91 Å². The van der Waals surface area contributed by atoms with Gasteiger partial charge in [0.15, 0.2) is 0 Å². The smallest absolute Gasteiger partial charge is 0.0851 e. The van der Waals surface area contributed by atoms with Crippen molar-refractivity contribution < 1.29 is 5.11 Å². The lowest BCUT2D eigenvalue weighted by molar-refractivity contribution is 0.0823. The topological polar surface area (TPSA) is 52.9 Å². The minimum Gasteiger partial charge on any atom is -0.396 e. The fourth-order valence-electron chi connectivity index (χ4n) is 2.77. The number of hydrogen-bond acceptors (Lipinski definition) is 4. The molecule has 98 valence electrons. The Balaban J connectivity index is 1.96. The van der Waals surface area contributed by atoms with Gasteiger partial charge in [0.05, 0.1) is 6.54 Å². The summed E-state index contributed by atoms with van der Waals surface area (Å²) in [5.74, 6) is 0.561. The minimum atomic E-state index is 0.195. The van der Waals surface area contributed by atoms with E-state index in [4.69, 9.17) is 0 Å². The Morgan fingerprint density at radius 1 is 1.22 bits per heavy atom. The van der Waals surface area contributed by atoms with E-state index in [-0.39, 0.29) is 18.4 Å². The third kappa shape index (κ3) is 3.62. The van der Waals surface area contributed by atoms with Crippen LogP contribution in [0.1, 0.15) is 12.0 Å². The molecule has 1 saturated heterocycles. The first-order valence-corrected chi connectivity index (χ1v) is 6.48. The van der Waals surface area contributed by atoms with Crippen LogP contribution in [-0.2, 0) is 6.54 Å². The van der Waals surface area contributed by atoms with Crippen LogP contribution in [0.2, 0.25) is 0 Å². The molecule has 0 aliphatic carbocycles. The second-order valence-electron chi connectivity index (χ2n) is 5.14. The summed E-state index contributed by atoms with van der Waals surface area (Å²) in [7, 11) is 0. The molecule has 4 heteroatoms. The van der Waals surface area contributed by atoms with Crippen molar-refractivity contribution in [3.05, 3.63) is 40.8 Å². The van der Waals surface area contributed by atoms with Gasteiger partial charge in [0, 0.05) is 26.2 Å². The van der Waals surface area contributed by atoms with Crippen LogP contribution in [0.3, 0.4) is 0 Å². The van der Waals surface area contributed by atoms with E-state index in [9.17, 15) is 10.0 Å². The molecule has 1 fully saturated rings. The number of aliphatic hydroxyl groups is 1. The maximum atomic E-state index is 10.4. The molecule has 18 heavy (non-hydrogen) atoms. The van der Waals surface area contributed by atoms with Crippen LogP contribution in [0.5, 0.6) is 0 Å². The molecule has 1 N–H and O–H groups in total. The average Bonchev–Trinajstić information content (AvgIpc) is 2.40. The number of piperidine rings is 1. The molecule has 0 saturated carbocycles. The second kappa shape index (κ2) is 6.61. The zero-order valence-corrected chi connectivity index (χ0v) is 10.5. The molecule has 1 heterocycles. The van der Waals surface area contributed by atoms with Crippen LogP contribution in [-0.4, -0.2) is 36.2 Å². The molecule has 4 nitrogen and oxygen atoms in total. The van der Waals surface area contributed by atoms with Crippen LogP contribution >= 0.6 is 0 Å². The molecule has 1 aromatic carbocycles. The van der Waals surface area contributed by atoms with Crippen LogP contribution < -0.4 is 0 Å². The lowest BCUT2D eigenvalue weighted by Gasteiger charge is -2.36. The Morgan fingerprint density at radius 3 is 2.61 bits per heavy atom. The van der Waals surface area contributed by atoms with Gasteiger partial charge in [0.25, 0.3) is 0 Å². The van der Waals surface area contributed by atoms with Gasteiger partial charge in [-0.15, -0.1) is 0 Å². The molecule has 2 atom stereocenters. The van der Waals surface area contributed by atoms with E-state index < -0.39 is 0 Å². The van der Waals surface area contributed by atoms with Crippen molar-refractivity contribution in [2.75, 3.05) is 26.2 Å². The molecule has 0 aromatic heterocycles. The molecular weight excluding hydrogens is 228 g/mol. The van der Waals surface area contributed by atoms with Gasteiger partial charge >= 0.3 is 0 Å². The third-order valence-corrected chi connectivity index (χ3v) is 3.54. The number of hydrogen-bond donors (Lipinski definition) is 1. The van der Waals surface area contributed by atoms with E-state index in [1.54, 1.807) is 0 Å². The zero-order valence-electron chi connectivity index (χ0n) is 10.5. The van der Waals surface area contributed by atoms with Gasteiger partial charge in [-0.1, -0.05) is 35.5 Å². The highest BCUT2D eigenvalue weighted by atomic mass is 16.3. The van der Waals surface area contributed by atoms with Crippen molar-refractivity contribution in [1.29, 1.82) is 0 Å². The van der Waals surface area contributed by atoms with Crippen molar-refractivity contribution >= 4 is 0 Å². The Labute approximate surface area is 108 Å². The fraction of sp³-hybridized carbons (Fsp3) is 0.571. The highest BCUT2D eigenvalue weighted by molar-refractivity contribution is 5.14. The van der Waals surface area contributed by atoms with E-state index >= 15 is 0 Å². The van der Waals surface area contributed by atoms with Crippen LogP contribution in [0.15, 0.2) is 35.5 Å². The standard InChI is InChI=1S/C14H20N2O2/c17-11-14-6-13(7-15-18)9-16(10-14)8-12-4-2-1-3-5-12/h1-5,13-14,17H,6-11H2/t13-,14-/m1/s1. The largest absolute Gasteiger partial charge is 0.396 e. The number of likely N-dealkylation sites (tertiary alicyclic amines) is 1. The first-order valence-electron chi connectivity index (χ1n) is 6.48. The van der Waals surface area contributed by atoms with Crippen molar-refractivity contribution in [1.82, 2.24) is 4.90 Å². The number of rotatable bonds is 5. The number of benzene rings is 1. The quantitative estimate of drug-likeness (QED) is 0.809. The maximum Gasteiger partial charge on any atom is 0.0851 e. The van der Waals surface area contributed by atoms with Crippen molar-refractivity contribution in [2.45, 2.75) is 13.0 Å². The first-order chi connectivity index (χ1) is 8.81. The number of nitroso groups, excluding NO2 is 1. The second-order valence-corrected chi connectivity index (χ2v) is 5.14. The van der Waals surface area contributed by atoms with Crippen LogP contribution in [0, 0.1) is 16.7 Å². The molecule has 1 aromatic rings. The van der Waals surface area contributed by atoms with Gasteiger partial charge in [-0.05, 0) is 23.8 Å². The monoisotopic (exact) mass is 248 g/mol. The molecule has 0 unspecified atom stereocenters. The summed E-state index contributed by atoms with van der Waals surface area (Å²) >= 11 is 0. The Bertz CT molecular complexity index is 369. The average molecular weight is 248 g/mol. The lowest BCUT2D eigenvalue weighted by atomic mass is 9.89. The van der Waals surface area contributed by atoms with Gasteiger partial charge < -0.3 is 5.11 Å². The SMILES string of the molecule is O=NC[C@H]1C[C@@H](CO)CN(Cc2ccccc2)C1. The molecule has 0 radical (unpaired) electrons. The number of aliphatic hydroxyl groups excluding tert-OH is 1. The van der Waals surface area contributed by atoms with Gasteiger partial charge in [-0.3, -0.25) is 4.90 Å². The van der Waals surface area contributed by atoms with Crippen molar-refractivity contribution in [3.8, 4) is 0 Å². The Hall–Kier alpha value is -1.26.